The highest BCUT2D eigenvalue weighted by Crippen LogP contribution is 2.28. The normalized spacial score (nSPS) is 25.1. The zero-order valence-corrected chi connectivity index (χ0v) is 20.8. The van der Waals surface area contributed by atoms with Crippen LogP contribution in [-0.2, 0) is 4.74 Å². The molecule has 1 fully saturated rings. The molecule has 0 aliphatic carbocycles. The summed E-state index contributed by atoms with van der Waals surface area (Å²) in [7, 11) is 0. The molecule has 0 amide bonds. The van der Waals surface area contributed by atoms with E-state index in [2.05, 4.69) is 13.8 Å². The van der Waals surface area contributed by atoms with E-state index in [0.29, 0.717) is 0 Å². The number of ether oxygens (including phenoxy) is 1. The van der Waals surface area contributed by atoms with Crippen molar-refractivity contribution in [2.45, 2.75) is 160 Å². The van der Waals surface area contributed by atoms with E-state index in [1.54, 1.807) is 0 Å². The fourth-order valence-corrected chi connectivity index (χ4v) is 4.98. The molecule has 3 N–H and O–H groups in total. The van der Waals surface area contributed by atoms with Gasteiger partial charge in [0, 0.05) is 0 Å². The second-order valence-electron chi connectivity index (χ2n) is 9.96. The van der Waals surface area contributed by atoms with E-state index in [4.69, 9.17) is 4.74 Å². The lowest BCUT2D eigenvalue weighted by molar-refractivity contribution is -0.201. The van der Waals surface area contributed by atoms with Crippen molar-refractivity contribution in [2.75, 3.05) is 6.61 Å². The summed E-state index contributed by atoms with van der Waals surface area (Å²) in [5.74, 6) is 0.258. The molecule has 1 heterocycles. The van der Waals surface area contributed by atoms with Crippen molar-refractivity contribution >= 4 is 0 Å². The van der Waals surface area contributed by atoms with Crippen LogP contribution in [0.2, 0.25) is 0 Å². The molecule has 0 aromatic carbocycles. The fourth-order valence-electron chi connectivity index (χ4n) is 4.98. The van der Waals surface area contributed by atoms with Gasteiger partial charge in [0.1, 0.15) is 18.3 Å². The number of rotatable bonds is 20. The van der Waals surface area contributed by atoms with Crippen LogP contribution in [0.15, 0.2) is 0 Å². The Morgan fingerprint density at radius 1 is 0.613 bits per heavy atom. The quantitative estimate of drug-likeness (QED) is 0.187. The first-order valence-electron chi connectivity index (χ1n) is 13.8. The topological polar surface area (TPSA) is 69.9 Å². The molecular formula is C27H54O4. The highest BCUT2D eigenvalue weighted by molar-refractivity contribution is 4.89. The highest BCUT2D eigenvalue weighted by atomic mass is 16.5. The van der Waals surface area contributed by atoms with Crippen molar-refractivity contribution in [2.24, 2.45) is 5.92 Å². The van der Waals surface area contributed by atoms with Gasteiger partial charge in [-0.3, -0.25) is 0 Å². The molecule has 186 valence electrons. The molecule has 1 saturated heterocycles. The zero-order valence-electron chi connectivity index (χ0n) is 20.8. The molecule has 31 heavy (non-hydrogen) atoms. The second kappa shape index (κ2) is 19.3. The number of aliphatic hydroxyl groups excluding tert-OH is 3. The van der Waals surface area contributed by atoms with Crippen molar-refractivity contribution in [3.8, 4) is 0 Å². The third-order valence-corrected chi connectivity index (χ3v) is 7.21. The molecule has 4 nitrogen and oxygen atoms in total. The summed E-state index contributed by atoms with van der Waals surface area (Å²) in [5.41, 5.74) is 0. The van der Waals surface area contributed by atoms with Gasteiger partial charge in [0.25, 0.3) is 0 Å². The van der Waals surface area contributed by atoms with Crippen LogP contribution < -0.4 is 0 Å². The van der Waals surface area contributed by atoms with Crippen LogP contribution in [0.5, 0.6) is 0 Å². The Balaban J connectivity index is 1.88. The molecule has 1 aliphatic rings. The molecule has 0 radical (unpaired) electrons. The molecule has 4 heteroatoms. The smallest absolute Gasteiger partial charge is 0.111 e. The van der Waals surface area contributed by atoms with Gasteiger partial charge in [-0.2, -0.15) is 0 Å². The molecule has 0 saturated carbocycles. The van der Waals surface area contributed by atoms with E-state index in [9.17, 15) is 15.3 Å². The molecule has 1 aliphatic heterocycles. The minimum Gasteiger partial charge on any atom is -0.388 e. The van der Waals surface area contributed by atoms with Gasteiger partial charge in [-0.1, -0.05) is 129 Å². The molecule has 1 rings (SSSR count). The third-order valence-electron chi connectivity index (χ3n) is 7.21. The molecule has 0 aromatic heterocycles. The Kier molecular flexibility index (Phi) is 18.0. The number of hydrogen-bond donors (Lipinski definition) is 3. The summed E-state index contributed by atoms with van der Waals surface area (Å²) < 4.78 is 5.65. The van der Waals surface area contributed by atoms with Crippen LogP contribution in [0.3, 0.4) is 0 Å². The predicted molar refractivity (Wildman–Crippen MR) is 130 cm³/mol. The molecule has 1 unspecified atom stereocenters. The van der Waals surface area contributed by atoms with Gasteiger partial charge in [-0.05, 0) is 12.3 Å². The predicted octanol–water partition coefficient (Wildman–Crippen LogP) is 6.54. The molecule has 0 aromatic rings. The summed E-state index contributed by atoms with van der Waals surface area (Å²) in [5, 5.41) is 29.7. The van der Waals surface area contributed by atoms with Gasteiger partial charge in [0.2, 0.25) is 0 Å². The van der Waals surface area contributed by atoms with Crippen LogP contribution in [0.4, 0.5) is 0 Å². The monoisotopic (exact) mass is 442 g/mol. The van der Waals surface area contributed by atoms with Crippen molar-refractivity contribution in [3.63, 3.8) is 0 Å². The number of hydrogen-bond acceptors (Lipinski definition) is 4. The Hall–Kier alpha value is -0.160. The standard InChI is InChI=1S/C27H54O4/c1-3-5-6-7-8-9-10-11-12-13-14-15-16-17-18-19-20-21-23(4-2)27-26(30)25(29)24(28)22-31-27/h23-30H,3-22H2,1-2H3/t23?,24-,25+,26-,27+/m1/s1. The van der Waals surface area contributed by atoms with E-state index in [-0.39, 0.29) is 18.6 Å². The maximum absolute atomic E-state index is 10.2. The van der Waals surface area contributed by atoms with Gasteiger partial charge in [0.05, 0.1) is 12.7 Å². The van der Waals surface area contributed by atoms with Crippen LogP contribution in [0.1, 0.15) is 136 Å². The first-order chi connectivity index (χ1) is 15.1. The minimum atomic E-state index is -1.08. The van der Waals surface area contributed by atoms with Gasteiger partial charge < -0.3 is 20.1 Å². The summed E-state index contributed by atoms with van der Waals surface area (Å²) in [6.07, 6.45) is 22.0. The average Bonchev–Trinajstić information content (AvgIpc) is 2.77. The highest BCUT2D eigenvalue weighted by Gasteiger charge is 2.40. The molecule has 5 atom stereocenters. The van der Waals surface area contributed by atoms with Gasteiger partial charge in [-0.25, -0.2) is 0 Å². The second-order valence-corrected chi connectivity index (χ2v) is 9.96. The summed E-state index contributed by atoms with van der Waals surface area (Å²) >= 11 is 0. The van der Waals surface area contributed by atoms with E-state index in [0.717, 1.165) is 19.3 Å². The lowest BCUT2D eigenvalue weighted by atomic mass is 9.85. The van der Waals surface area contributed by atoms with Crippen molar-refractivity contribution in [3.05, 3.63) is 0 Å². The largest absolute Gasteiger partial charge is 0.388 e. The first kappa shape index (κ1) is 28.9. The lowest BCUT2D eigenvalue weighted by Gasteiger charge is -2.39. The summed E-state index contributed by atoms with van der Waals surface area (Å²) in [6.45, 7) is 4.52. The first-order valence-corrected chi connectivity index (χ1v) is 13.8. The Morgan fingerprint density at radius 2 is 1.03 bits per heavy atom. The molecule has 0 spiro atoms. The third kappa shape index (κ3) is 13.2. The Morgan fingerprint density at radius 3 is 1.45 bits per heavy atom. The van der Waals surface area contributed by atoms with E-state index in [1.807, 2.05) is 0 Å². The van der Waals surface area contributed by atoms with E-state index < -0.39 is 18.3 Å². The SMILES string of the molecule is CCCCCCCCCCCCCCCCCCCC(CC)[C@@H]1OC[C@@H](O)[C@H](O)[C@H]1O. The Labute approximate surface area is 193 Å². The summed E-state index contributed by atoms with van der Waals surface area (Å²) in [4.78, 5) is 0. The van der Waals surface area contributed by atoms with E-state index >= 15 is 0 Å². The Bertz CT molecular complexity index is 389. The minimum absolute atomic E-state index is 0.123. The average molecular weight is 443 g/mol. The van der Waals surface area contributed by atoms with Crippen molar-refractivity contribution < 1.29 is 20.1 Å². The number of aliphatic hydroxyl groups is 3. The van der Waals surface area contributed by atoms with Gasteiger partial charge >= 0.3 is 0 Å². The van der Waals surface area contributed by atoms with Crippen LogP contribution >= 0.6 is 0 Å². The van der Waals surface area contributed by atoms with Gasteiger partial charge in [0.15, 0.2) is 0 Å². The summed E-state index contributed by atoms with van der Waals surface area (Å²) in [6, 6.07) is 0. The fraction of sp³-hybridized carbons (Fsp3) is 1.00. The number of unbranched alkanes of at least 4 members (excludes halogenated alkanes) is 16. The van der Waals surface area contributed by atoms with Crippen LogP contribution in [0.25, 0.3) is 0 Å². The lowest BCUT2D eigenvalue weighted by Crippen LogP contribution is -2.55. The molecular weight excluding hydrogens is 388 g/mol. The van der Waals surface area contributed by atoms with Crippen molar-refractivity contribution in [1.29, 1.82) is 0 Å². The maximum Gasteiger partial charge on any atom is 0.111 e. The van der Waals surface area contributed by atoms with Crippen molar-refractivity contribution in [1.82, 2.24) is 0 Å². The zero-order chi connectivity index (χ0) is 22.7. The van der Waals surface area contributed by atoms with E-state index in [1.165, 1.54) is 103 Å². The molecule has 0 bridgehead atoms. The van der Waals surface area contributed by atoms with Crippen LogP contribution in [0, 0.1) is 5.92 Å². The maximum atomic E-state index is 10.2. The van der Waals surface area contributed by atoms with Crippen LogP contribution in [-0.4, -0.2) is 46.3 Å². The van der Waals surface area contributed by atoms with Gasteiger partial charge in [-0.15, -0.1) is 0 Å².